The van der Waals surface area contributed by atoms with Crippen LogP contribution in [0.1, 0.15) is 45.2 Å². The molecule has 94 valence electrons. The number of nitrogens with two attached hydrogens (primary N) is 1. The van der Waals surface area contributed by atoms with Crippen LogP contribution in [0.15, 0.2) is 18.3 Å². The summed E-state index contributed by atoms with van der Waals surface area (Å²) in [6.07, 6.45) is 4.36. The highest BCUT2D eigenvalue weighted by molar-refractivity contribution is 5.49. The van der Waals surface area contributed by atoms with Crippen molar-refractivity contribution in [2.75, 3.05) is 11.4 Å². The molecule has 2 heterocycles. The van der Waals surface area contributed by atoms with Crippen LogP contribution in [0.5, 0.6) is 0 Å². The van der Waals surface area contributed by atoms with Crippen molar-refractivity contribution in [1.29, 1.82) is 0 Å². The molecule has 0 saturated carbocycles. The van der Waals surface area contributed by atoms with Gasteiger partial charge in [-0.1, -0.05) is 13.0 Å². The minimum atomic E-state index is 0.0465. The lowest BCUT2D eigenvalue weighted by Crippen LogP contribution is -2.41. The number of hydrogen-bond acceptors (Lipinski definition) is 3. The van der Waals surface area contributed by atoms with Crippen LogP contribution in [0.3, 0.4) is 0 Å². The van der Waals surface area contributed by atoms with E-state index in [1.165, 1.54) is 12.8 Å². The van der Waals surface area contributed by atoms with Gasteiger partial charge in [0.25, 0.3) is 0 Å². The normalized spacial score (nSPS) is 26.9. The number of piperidine rings is 1. The Bertz CT molecular complexity index is 375. The molecule has 0 amide bonds. The summed E-state index contributed by atoms with van der Waals surface area (Å²) in [5, 5.41) is 0. The summed E-state index contributed by atoms with van der Waals surface area (Å²) < 4.78 is 0. The number of pyridine rings is 1. The first-order chi connectivity index (χ1) is 8.09. The lowest BCUT2D eigenvalue weighted by Gasteiger charge is -2.38. The van der Waals surface area contributed by atoms with E-state index in [1.807, 2.05) is 19.2 Å². The number of nitrogens with zero attached hydrogens (tertiary/aromatic N) is 2. The van der Waals surface area contributed by atoms with Gasteiger partial charge in [0.2, 0.25) is 0 Å². The van der Waals surface area contributed by atoms with Gasteiger partial charge in [-0.3, -0.25) is 0 Å². The minimum Gasteiger partial charge on any atom is -0.354 e. The Morgan fingerprint density at radius 2 is 2.24 bits per heavy atom. The second kappa shape index (κ2) is 5.05. The molecule has 1 saturated heterocycles. The van der Waals surface area contributed by atoms with Crippen LogP contribution in [0.25, 0.3) is 0 Å². The molecule has 17 heavy (non-hydrogen) atoms. The summed E-state index contributed by atoms with van der Waals surface area (Å²) in [7, 11) is 0. The predicted molar refractivity (Wildman–Crippen MR) is 72.0 cm³/mol. The third-order valence-electron chi connectivity index (χ3n) is 3.72. The summed E-state index contributed by atoms with van der Waals surface area (Å²) in [5.41, 5.74) is 7.19. The van der Waals surface area contributed by atoms with Gasteiger partial charge >= 0.3 is 0 Å². The van der Waals surface area contributed by atoms with Gasteiger partial charge in [0.1, 0.15) is 5.82 Å². The molecule has 2 rings (SSSR count). The second-order valence-electron chi connectivity index (χ2n) is 5.38. The number of anilines is 1. The maximum Gasteiger partial charge on any atom is 0.133 e. The van der Waals surface area contributed by atoms with Gasteiger partial charge in [0.15, 0.2) is 0 Å². The van der Waals surface area contributed by atoms with Crippen LogP contribution in [-0.2, 0) is 0 Å². The van der Waals surface area contributed by atoms with Crippen molar-refractivity contribution in [3.8, 4) is 0 Å². The second-order valence-corrected chi connectivity index (χ2v) is 5.38. The molecular formula is C14H23N3. The Kier molecular flexibility index (Phi) is 3.67. The Balaban J connectivity index is 2.27. The molecule has 0 bridgehead atoms. The first-order valence-electron chi connectivity index (χ1n) is 6.56. The smallest absolute Gasteiger partial charge is 0.133 e. The first kappa shape index (κ1) is 12.4. The average molecular weight is 233 g/mol. The Morgan fingerprint density at radius 1 is 1.47 bits per heavy atom. The van der Waals surface area contributed by atoms with Crippen LogP contribution in [0, 0.1) is 5.92 Å². The standard InChI is InChI=1S/C14H23N3/c1-10-6-8-17(11(2)9-10)14-13(12(3)15)5-4-7-16-14/h4-5,7,10-12H,6,8-9,15H2,1-3H3. The fourth-order valence-corrected chi connectivity index (χ4v) is 2.73. The molecule has 1 aliphatic heterocycles. The van der Waals surface area contributed by atoms with E-state index in [-0.39, 0.29) is 6.04 Å². The molecule has 3 nitrogen and oxygen atoms in total. The minimum absolute atomic E-state index is 0.0465. The lowest BCUT2D eigenvalue weighted by atomic mass is 9.93. The zero-order valence-corrected chi connectivity index (χ0v) is 11.1. The molecule has 1 fully saturated rings. The van der Waals surface area contributed by atoms with Crippen molar-refractivity contribution >= 4 is 5.82 Å². The van der Waals surface area contributed by atoms with Gasteiger partial charge in [0.05, 0.1) is 0 Å². The van der Waals surface area contributed by atoms with E-state index < -0.39 is 0 Å². The molecule has 0 aliphatic carbocycles. The first-order valence-corrected chi connectivity index (χ1v) is 6.56. The van der Waals surface area contributed by atoms with Gasteiger partial charge in [-0.25, -0.2) is 4.98 Å². The average Bonchev–Trinajstić information content (AvgIpc) is 2.29. The molecular weight excluding hydrogens is 210 g/mol. The molecule has 1 aromatic rings. The van der Waals surface area contributed by atoms with Gasteiger partial charge in [-0.05, 0) is 38.7 Å². The van der Waals surface area contributed by atoms with E-state index in [0.717, 1.165) is 23.8 Å². The van der Waals surface area contributed by atoms with Crippen LogP contribution < -0.4 is 10.6 Å². The third-order valence-corrected chi connectivity index (χ3v) is 3.72. The van der Waals surface area contributed by atoms with Crippen molar-refractivity contribution in [2.45, 2.75) is 45.7 Å². The summed E-state index contributed by atoms with van der Waals surface area (Å²) >= 11 is 0. The number of aromatic nitrogens is 1. The predicted octanol–water partition coefficient (Wildman–Crippen LogP) is 2.73. The molecule has 1 aromatic heterocycles. The highest BCUT2D eigenvalue weighted by Gasteiger charge is 2.25. The van der Waals surface area contributed by atoms with Crippen LogP contribution in [-0.4, -0.2) is 17.6 Å². The van der Waals surface area contributed by atoms with Crippen molar-refractivity contribution in [3.63, 3.8) is 0 Å². The highest BCUT2D eigenvalue weighted by atomic mass is 15.2. The van der Waals surface area contributed by atoms with E-state index in [0.29, 0.717) is 6.04 Å². The third kappa shape index (κ3) is 2.60. The molecule has 3 unspecified atom stereocenters. The van der Waals surface area contributed by atoms with E-state index in [2.05, 4.69) is 29.8 Å². The number of rotatable bonds is 2. The lowest BCUT2D eigenvalue weighted by molar-refractivity contribution is 0.375. The Hall–Kier alpha value is -1.09. The van der Waals surface area contributed by atoms with E-state index in [4.69, 9.17) is 5.73 Å². The monoisotopic (exact) mass is 233 g/mol. The summed E-state index contributed by atoms with van der Waals surface area (Å²) in [6.45, 7) is 7.74. The molecule has 1 aliphatic rings. The Morgan fingerprint density at radius 3 is 2.88 bits per heavy atom. The zero-order chi connectivity index (χ0) is 12.4. The zero-order valence-electron chi connectivity index (χ0n) is 11.1. The molecule has 2 N–H and O–H groups in total. The highest BCUT2D eigenvalue weighted by Crippen LogP contribution is 2.30. The molecule has 0 aromatic carbocycles. The Labute approximate surface area is 104 Å². The fraction of sp³-hybridized carbons (Fsp3) is 0.643. The van der Waals surface area contributed by atoms with Crippen LogP contribution in [0.2, 0.25) is 0 Å². The van der Waals surface area contributed by atoms with Gasteiger partial charge in [-0.2, -0.15) is 0 Å². The van der Waals surface area contributed by atoms with Crippen molar-refractivity contribution in [1.82, 2.24) is 4.98 Å². The summed E-state index contributed by atoms with van der Waals surface area (Å²) in [6, 6.07) is 4.67. The van der Waals surface area contributed by atoms with E-state index >= 15 is 0 Å². The van der Waals surface area contributed by atoms with E-state index in [1.54, 1.807) is 0 Å². The quantitative estimate of drug-likeness (QED) is 0.854. The van der Waals surface area contributed by atoms with E-state index in [9.17, 15) is 0 Å². The largest absolute Gasteiger partial charge is 0.354 e. The van der Waals surface area contributed by atoms with Crippen LogP contribution in [0.4, 0.5) is 5.82 Å². The molecule has 3 heteroatoms. The summed E-state index contributed by atoms with van der Waals surface area (Å²) in [5.74, 6) is 1.91. The maximum atomic E-state index is 6.03. The SMILES string of the molecule is CC1CCN(c2ncccc2C(C)N)C(C)C1. The van der Waals surface area contributed by atoms with Gasteiger partial charge in [-0.15, -0.1) is 0 Å². The summed E-state index contributed by atoms with van der Waals surface area (Å²) in [4.78, 5) is 6.96. The van der Waals surface area contributed by atoms with Crippen molar-refractivity contribution in [3.05, 3.63) is 23.9 Å². The molecule has 3 atom stereocenters. The van der Waals surface area contributed by atoms with Crippen molar-refractivity contribution in [2.24, 2.45) is 11.7 Å². The fourth-order valence-electron chi connectivity index (χ4n) is 2.73. The number of hydrogen-bond donors (Lipinski definition) is 1. The van der Waals surface area contributed by atoms with Gasteiger partial charge in [0, 0.05) is 30.4 Å². The van der Waals surface area contributed by atoms with Crippen LogP contribution >= 0.6 is 0 Å². The maximum absolute atomic E-state index is 6.03. The molecule has 0 spiro atoms. The van der Waals surface area contributed by atoms with Crippen molar-refractivity contribution < 1.29 is 0 Å². The molecule has 0 radical (unpaired) electrons. The van der Waals surface area contributed by atoms with Gasteiger partial charge < -0.3 is 10.6 Å². The topological polar surface area (TPSA) is 42.2 Å².